The number of halogens is 1. The Kier molecular flexibility index (Phi) is 5.43. The van der Waals surface area contributed by atoms with Gasteiger partial charge >= 0.3 is 0 Å². The minimum atomic E-state index is 0. The van der Waals surface area contributed by atoms with Crippen LogP contribution in [0.25, 0.3) is 43.9 Å². The zero-order chi connectivity index (χ0) is 19.8. The van der Waals surface area contributed by atoms with Crippen LogP contribution in [0.2, 0.25) is 0 Å². The number of hydrogen-bond donors (Lipinski definition) is 0. The fourth-order valence-corrected chi connectivity index (χ4v) is 4.11. The van der Waals surface area contributed by atoms with Crippen LogP contribution in [0.5, 0.6) is 5.75 Å². The Balaban J connectivity index is 0.00000218. The number of ether oxygens (including phenoxy) is 1. The molecule has 0 spiro atoms. The van der Waals surface area contributed by atoms with Gasteiger partial charge in [0.2, 0.25) is 0 Å². The Morgan fingerprint density at radius 2 is 1.23 bits per heavy atom. The quantitative estimate of drug-likeness (QED) is 0.328. The maximum Gasteiger partial charge on any atom is 0.255 e. The van der Waals surface area contributed by atoms with Crippen molar-refractivity contribution in [1.29, 1.82) is 0 Å². The van der Waals surface area contributed by atoms with Crippen molar-refractivity contribution in [2.45, 2.75) is 0 Å². The average molecular weight is 412 g/mol. The van der Waals surface area contributed by atoms with E-state index < -0.39 is 0 Å². The number of nitrogens with zero attached hydrogens (tertiary/aromatic N) is 1. The Hall–Kier alpha value is -3.36. The SMILES string of the molecule is COc1cc(-c2ccc(-c3ccccc3)cc2)cc2c3ccccc3c[n+](C)c12.[Cl-]. The minimum Gasteiger partial charge on any atom is -1.00 e. The van der Waals surface area contributed by atoms with Gasteiger partial charge in [0, 0.05) is 10.8 Å². The molecule has 5 aromatic rings. The topological polar surface area (TPSA) is 13.1 Å². The molecule has 0 saturated carbocycles. The lowest BCUT2D eigenvalue weighted by Crippen LogP contribution is -3.00. The fourth-order valence-electron chi connectivity index (χ4n) is 4.11. The predicted molar refractivity (Wildman–Crippen MR) is 120 cm³/mol. The van der Waals surface area contributed by atoms with Crippen molar-refractivity contribution in [2.75, 3.05) is 7.11 Å². The number of fused-ring (bicyclic) bond motifs is 3. The van der Waals surface area contributed by atoms with E-state index in [1.807, 2.05) is 6.07 Å². The lowest BCUT2D eigenvalue weighted by molar-refractivity contribution is -0.643. The third-order valence-corrected chi connectivity index (χ3v) is 5.56. The number of rotatable bonds is 3. The molecule has 1 aromatic heterocycles. The fraction of sp³-hybridized carbons (Fsp3) is 0.0741. The van der Waals surface area contributed by atoms with Crippen LogP contribution in [0.3, 0.4) is 0 Å². The summed E-state index contributed by atoms with van der Waals surface area (Å²) in [5, 5.41) is 3.66. The molecule has 2 nitrogen and oxygen atoms in total. The van der Waals surface area contributed by atoms with E-state index in [0.29, 0.717) is 0 Å². The third-order valence-electron chi connectivity index (χ3n) is 5.56. The summed E-state index contributed by atoms with van der Waals surface area (Å²) in [5.41, 5.74) is 5.90. The van der Waals surface area contributed by atoms with Crippen molar-refractivity contribution in [3.05, 3.63) is 97.2 Å². The van der Waals surface area contributed by atoms with E-state index in [2.05, 4.69) is 103 Å². The number of aryl methyl sites for hydroxylation is 1. The second-order valence-corrected chi connectivity index (χ2v) is 7.35. The molecule has 5 rings (SSSR count). The van der Waals surface area contributed by atoms with Crippen LogP contribution in [0.4, 0.5) is 0 Å². The van der Waals surface area contributed by atoms with Crippen molar-refractivity contribution in [3.8, 4) is 28.0 Å². The highest BCUT2D eigenvalue weighted by molar-refractivity contribution is 6.07. The molecule has 0 saturated heterocycles. The molecule has 148 valence electrons. The van der Waals surface area contributed by atoms with Gasteiger partial charge in [-0.05, 0) is 40.5 Å². The Morgan fingerprint density at radius 3 is 1.93 bits per heavy atom. The number of pyridine rings is 1. The van der Waals surface area contributed by atoms with Crippen molar-refractivity contribution in [2.24, 2.45) is 7.05 Å². The molecule has 0 atom stereocenters. The molecule has 0 unspecified atom stereocenters. The van der Waals surface area contributed by atoms with Gasteiger partial charge in [-0.15, -0.1) is 0 Å². The largest absolute Gasteiger partial charge is 1.00 e. The van der Waals surface area contributed by atoms with E-state index >= 15 is 0 Å². The highest BCUT2D eigenvalue weighted by Gasteiger charge is 2.17. The summed E-state index contributed by atoms with van der Waals surface area (Å²) in [6.07, 6.45) is 2.16. The maximum absolute atomic E-state index is 5.79. The van der Waals surface area contributed by atoms with Crippen molar-refractivity contribution < 1.29 is 21.7 Å². The van der Waals surface area contributed by atoms with Crippen LogP contribution in [-0.2, 0) is 7.05 Å². The number of aromatic nitrogens is 1. The van der Waals surface area contributed by atoms with Crippen LogP contribution < -0.4 is 21.7 Å². The summed E-state index contributed by atoms with van der Waals surface area (Å²) in [6.45, 7) is 0. The molecule has 0 amide bonds. The smallest absolute Gasteiger partial charge is 0.255 e. The summed E-state index contributed by atoms with van der Waals surface area (Å²) in [4.78, 5) is 0. The van der Waals surface area contributed by atoms with E-state index in [4.69, 9.17) is 4.74 Å². The second kappa shape index (κ2) is 8.17. The van der Waals surface area contributed by atoms with Crippen molar-refractivity contribution in [1.82, 2.24) is 0 Å². The summed E-state index contributed by atoms with van der Waals surface area (Å²) < 4.78 is 7.94. The molecular formula is C27H22ClNO. The first kappa shape index (κ1) is 19.9. The first-order valence-corrected chi connectivity index (χ1v) is 9.79. The van der Waals surface area contributed by atoms with Gasteiger partial charge in [-0.3, -0.25) is 0 Å². The highest BCUT2D eigenvalue weighted by atomic mass is 35.5. The summed E-state index contributed by atoms with van der Waals surface area (Å²) in [7, 11) is 3.82. The average Bonchev–Trinajstić information content (AvgIpc) is 2.79. The van der Waals surface area contributed by atoms with Gasteiger partial charge < -0.3 is 17.1 Å². The van der Waals surface area contributed by atoms with Gasteiger partial charge in [-0.25, -0.2) is 0 Å². The molecule has 30 heavy (non-hydrogen) atoms. The molecule has 0 aliphatic heterocycles. The van der Waals surface area contributed by atoms with E-state index in [9.17, 15) is 0 Å². The first-order valence-electron chi connectivity index (χ1n) is 9.79. The molecule has 1 heterocycles. The van der Waals surface area contributed by atoms with E-state index in [-0.39, 0.29) is 12.4 Å². The molecular weight excluding hydrogens is 390 g/mol. The van der Waals surface area contributed by atoms with Gasteiger partial charge in [0.05, 0.1) is 12.5 Å². The first-order chi connectivity index (χ1) is 14.2. The zero-order valence-corrected chi connectivity index (χ0v) is 17.7. The van der Waals surface area contributed by atoms with Gasteiger partial charge in [0.1, 0.15) is 7.05 Å². The number of benzene rings is 4. The molecule has 0 bridgehead atoms. The summed E-state index contributed by atoms with van der Waals surface area (Å²) >= 11 is 0. The highest BCUT2D eigenvalue weighted by Crippen LogP contribution is 2.35. The van der Waals surface area contributed by atoms with Crippen molar-refractivity contribution >= 4 is 21.7 Å². The lowest BCUT2D eigenvalue weighted by Gasteiger charge is -2.11. The lowest BCUT2D eigenvalue weighted by atomic mass is 9.97. The van der Waals surface area contributed by atoms with E-state index in [0.717, 1.165) is 16.8 Å². The van der Waals surface area contributed by atoms with Crippen LogP contribution >= 0.6 is 0 Å². The molecule has 4 aromatic carbocycles. The molecule has 0 aliphatic rings. The van der Waals surface area contributed by atoms with Crippen LogP contribution in [0, 0.1) is 0 Å². The Bertz CT molecular complexity index is 1330. The predicted octanol–water partition coefficient (Wildman–Crippen LogP) is 3.16. The van der Waals surface area contributed by atoms with Gasteiger partial charge in [0.25, 0.3) is 5.52 Å². The third kappa shape index (κ3) is 3.40. The van der Waals surface area contributed by atoms with E-state index in [1.54, 1.807) is 7.11 Å². The van der Waals surface area contributed by atoms with Crippen LogP contribution in [0.15, 0.2) is 97.2 Å². The standard InChI is InChI=1S/C27H22NO.ClH/c1-28-18-22-10-6-7-11-24(22)25-16-23(17-26(29-2)27(25)28)21-14-12-20(13-15-21)19-8-4-3-5-9-19;/h3-18H,1-2H3;1H/q+1;/p-1. The molecule has 0 aliphatic carbocycles. The molecule has 0 N–H and O–H groups in total. The normalized spacial score (nSPS) is 10.7. The summed E-state index contributed by atoms with van der Waals surface area (Å²) in [5.74, 6) is 0.887. The van der Waals surface area contributed by atoms with Gasteiger partial charge in [-0.1, -0.05) is 72.8 Å². The Labute approximate surface area is 182 Å². The minimum absolute atomic E-state index is 0. The van der Waals surface area contributed by atoms with Crippen LogP contribution in [-0.4, -0.2) is 7.11 Å². The van der Waals surface area contributed by atoms with Crippen molar-refractivity contribution in [3.63, 3.8) is 0 Å². The maximum atomic E-state index is 5.79. The molecule has 0 fully saturated rings. The second-order valence-electron chi connectivity index (χ2n) is 7.35. The summed E-state index contributed by atoms with van der Waals surface area (Å²) in [6, 6.07) is 32.1. The van der Waals surface area contributed by atoms with Gasteiger partial charge in [0.15, 0.2) is 11.9 Å². The number of hydrogen-bond acceptors (Lipinski definition) is 1. The molecule has 0 radical (unpaired) electrons. The van der Waals surface area contributed by atoms with Crippen LogP contribution in [0.1, 0.15) is 0 Å². The number of methoxy groups -OCH3 is 1. The Morgan fingerprint density at radius 1 is 0.633 bits per heavy atom. The molecule has 3 heteroatoms. The van der Waals surface area contributed by atoms with E-state index in [1.165, 1.54) is 32.8 Å². The monoisotopic (exact) mass is 411 g/mol. The zero-order valence-electron chi connectivity index (χ0n) is 17.0. The van der Waals surface area contributed by atoms with Gasteiger partial charge in [-0.2, -0.15) is 4.57 Å².